The number of nitriles is 1. The average Bonchev–Trinajstić information content (AvgIpc) is 2.79. The molecule has 1 amide bonds. The molecule has 0 spiro atoms. The molecule has 32 heavy (non-hydrogen) atoms. The molecule has 0 saturated carbocycles. The summed E-state index contributed by atoms with van der Waals surface area (Å²) in [4.78, 5) is 17.0. The van der Waals surface area contributed by atoms with Crippen molar-refractivity contribution in [1.82, 2.24) is 5.32 Å². The summed E-state index contributed by atoms with van der Waals surface area (Å²) in [7, 11) is 0. The molecule has 0 unspecified atom stereocenters. The lowest BCUT2D eigenvalue weighted by molar-refractivity contribution is 0.0950. The summed E-state index contributed by atoms with van der Waals surface area (Å²) >= 11 is 10.5. The van der Waals surface area contributed by atoms with E-state index >= 15 is 0 Å². The third-order valence-electron chi connectivity index (χ3n) is 4.37. The molecule has 162 valence electrons. The number of rotatable bonds is 6. The SMILES string of the molecule is N#Cc1ccc(CNC(=O)c2ccc(Br)cc2CS/C(N)=N/c2ccc(F)c(Cl)c2)cc1. The molecule has 0 aromatic heterocycles. The summed E-state index contributed by atoms with van der Waals surface area (Å²) in [5.74, 6) is -0.343. The van der Waals surface area contributed by atoms with Crippen LogP contribution in [0.15, 0.2) is 70.1 Å². The number of amidine groups is 1. The molecule has 3 aromatic carbocycles. The van der Waals surface area contributed by atoms with E-state index in [4.69, 9.17) is 22.6 Å². The molecule has 0 heterocycles. The Morgan fingerprint density at radius 1 is 1.19 bits per heavy atom. The first-order chi connectivity index (χ1) is 15.4. The van der Waals surface area contributed by atoms with Crippen LogP contribution >= 0.6 is 39.3 Å². The van der Waals surface area contributed by atoms with E-state index in [-0.39, 0.29) is 16.1 Å². The number of thioether (sulfide) groups is 1. The van der Waals surface area contributed by atoms with Gasteiger partial charge in [-0.25, -0.2) is 9.38 Å². The Morgan fingerprint density at radius 2 is 1.94 bits per heavy atom. The molecule has 0 fully saturated rings. The number of hydrogen-bond donors (Lipinski definition) is 2. The average molecular weight is 532 g/mol. The lowest BCUT2D eigenvalue weighted by Crippen LogP contribution is -2.24. The quantitative estimate of drug-likeness (QED) is 0.305. The van der Waals surface area contributed by atoms with Crippen LogP contribution in [0, 0.1) is 17.1 Å². The number of aliphatic imine (C=N–C) groups is 1. The van der Waals surface area contributed by atoms with Gasteiger partial charge in [0.2, 0.25) is 0 Å². The second-order valence-electron chi connectivity index (χ2n) is 6.63. The van der Waals surface area contributed by atoms with Crippen molar-refractivity contribution in [3.8, 4) is 6.07 Å². The molecule has 0 atom stereocenters. The van der Waals surface area contributed by atoms with E-state index in [1.165, 1.54) is 30.0 Å². The van der Waals surface area contributed by atoms with Crippen LogP contribution in [0.1, 0.15) is 27.0 Å². The van der Waals surface area contributed by atoms with Crippen LogP contribution in [-0.4, -0.2) is 11.1 Å². The van der Waals surface area contributed by atoms with Gasteiger partial charge < -0.3 is 11.1 Å². The summed E-state index contributed by atoms with van der Waals surface area (Å²) in [5, 5.41) is 12.0. The molecule has 0 aliphatic heterocycles. The molecule has 0 aliphatic rings. The van der Waals surface area contributed by atoms with Crippen molar-refractivity contribution in [3.63, 3.8) is 0 Å². The number of amides is 1. The normalized spacial score (nSPS) is 11.1. The topological polar surface area (TPSA) is 91.3 Å². The molecule has 3 rings (SSSR count). The van der Waals surface area contributed by atoms with Gasteiger partial charge in [0.15, 0.2) is 5.17 Å². The Hall–Kier alpha value is -2.86. The Kier molecular flexibility index (Phi) is 8.28. The van der Waals surface area contributed by atoms with E-state index < -0.39 is 5.82 Å². The second kappa shape index (κ2) is 11.1. The number of hydrogen-bond acceptors (Lipinski definition) is 4. The highest BCUT2D eigenvalue weighted by Crippen LogP contribution is 2.25. The van der Waals surface area contributed by atoms with Crippen molar-refractivity contribution in [3.05, 3.63) is 98.2 Å². The summed E-state index contributed by atoms with van der Waals surface area (Å²) in [6, 6.07) is 18.6. The minimum absolute atomic E-state index is 0.0303. The van der Waals surface area contributed by atoms with Gasteiger partial charge in [-0.1, -0.05) is 51.4 Å². The number of benzene rings is 3. The number of nitrogens with two attached hydrogens (primary N) is 1. The highest BCUT2D eigenvalue weighted by molar-refractivity contribution is 9.10. The number of carbonyl (C=O) groups excluding carboxylic acids is 1. The molecular formula is C23H17BrClFN4OS. The predicted octanol–water partition coefficient (Wildman–Crippen LogP) is 5.92. The van der Waals surface area contributed by atoms with Gasteiger partial charge in [-0.05, 0) is 59.7 Å². The van der Waals surface area contributed by atoms with Gasteiger partial charge in [-0.2, -0.15) is 5.26 Å². The smallest absolute Gasteiger partial charge is 0.251 e. The lowest BCUT2D eigenvalue weighted by Gasteiger charge is -2.11. The first-order valence-electron chi connectivity index (χ1n) is 9.33. The standard InChI is InChI=1S/C23H17BrClFN4OS/c24-17-5-7-19(22(31)29-12-15-3-1-14(11-27)2-4-15)16(9-17)13-32-23(28)30-18-6-8-21(26)20(25)10-18/h1-10H,12-13H2,(H2,28,30)(H,29,31). The van der Waals surface area contributed by atoms with Crippen LogP contribution in [0.25, 0.3) is 0 Å². The lowest BCUT2D eigenvalue weighted by atomic mass is 10.1. The number of nitrogens with zero attached hydrogens (tertiary/aromatic N) is 2. The van der Waals surface area contributed by atoms with Crippen molar-refractivity contribution in [2.45, 2.75) is 12.3 Å². The minimum Gasteiger partial charge on any atom is -0.378 e. The maximum Gasteiger partial charge on any atom is 0.251 e. The third-order valence-corrected chi connectivity index (χ3v) is 5.99. The third kappa shape index (κ3) is 6.57. The summed E-state index contributed by atoms with van der Waals surface area (Å²) in [5.41, 5.74) is 9.19. The van der Waals surface area contributed by atoms with Gasteiger partial charge in [0, 0.05) is 22.3 Å². The van der Waals surface area contributed by atoms with Crippen molar-refractivity contribution in [2.24, 2.45) is 10.7 Å². The van der Waals surface area contributed by atoms with Gasteiger partial charge in [0.05, 0.1) is 22.3 Å². The van der Waals surface area contributed by atoms with Crippen LogP contribution in [0.2, 0.25) is 5.02 Å². The fourth-order valence-corrected chi connectivity index (χ4v) is 4.04. The Morgan fingerprint density at radius 3 is 2.62 bits per heavy atom. The monoisotopic (exact) mass is 530 g/mol. The highest BCUT2D eigenvalue weighted by Gasteiger charge is 2.13. The molecule has 3 N–H and O–H groups in total. The zero-order chi connectivity index (χ0) is 23.1. The van der Waals surface area contributed by atoms with E-state index in [1.807, 2.05) is 6.07 Å². The van der Waals surface area contributed by atoms with Gasteiger partial charge >= 0.3 is 0 Å². The highest BCUT2D eigenvalue weighted by atomic mass is 79.9. The van der Waals surface area contributed by atoms with Crippen molar-refractivity contribution in [1.29, 1.82) is 5.26 Å². The van der Waals surface area contributed by atoms with Crippen molar-refractivity contribution >= 4 is 56.1 Å². The molecule has 0 saturated heterocycles. The van der Waals surface area contributed by atoms with Gasteiger partial charge in [0.1, 0.15) is 5.82 Å². The second-order valence-corrected chi connectivity index (χ2v) is 8.95. The first kappa shape index (κ1) is 23.8. The summed E-state index contributed by atoms with van der Waals surface area (Å²) in [6.07, 6.45) is 0. The molecule has 9 heteroatoms. The van der Waals surface area contributed by atoms with Gasteiger partial charge in [-0.3, -0.25) is 4.79 Å². The predicted molar refractivity (Wildman–Crippen MR) is 130 cm³/mol. The van der Waals surface area contributed by atoms with E-state index in [0.29, 0.717) is 29.1 Å². The molecule has 0 aliphatic carbocycles. The van der Waals surface area contributed by atoms with Gasteiger partial charge in [0.25, 0.3) is 5.91 Å². The zero-order valence-corrected chi connectivity index (χ0v) is 19.8. The van der Waals surface area contributed by atoms with Crippen molar-refractivity contribution in [2.75, 3.05) is 0 Å². The van der Waals surface area contributed by atoms with Gasteiger partial charge in [-0.15, -0.1) is 0 Å². The minimum atomic E-state index is -0.525. The summed E-state index contributed by atoms with van der Waals surface area (Å²) in [6.45, 7) is 0.335. The van der Waals surface area contributed by atoms with Crippen LogP contribution in [0.3, 0.4) is 0 Å². The largest absolute Gasteiger partial charge is 0.378 e. The molecule has 5 nitrogen and oxygen atoms in total. The molecular weight excluding hydrogens is 515 g/mol. The van der Waals surface area contributed by atoms with E-state index in [9.17, 15) is 9.18 Å². The number of nitrogens with one attached hydrogen (secondary N) is 1. The van der Waals surface area contributed by atoms with Crippen LogP contribution < -0.4 is 11.1 Å². The molecule has 0 radical (unpaired) electrons. The van der Waals surface area contributed by atoms with E-state index in [0.717, 1.165) is 15.6 Å². The Labute approximate surface area is 202 Å². The summed E-state index contributed by atoms with van der Waals surface area (Å²) < 4.78 is 14.1. The maximum absolute atomic E-state index is 13.3. The molecule has 0 bridgehead atoms. The van der Waals surface area contributed by atoms with E-state index in [1.54, 1.807) is 36.4 Å². The van der Waals surface area contributed by atoms with Crippen LogP contribution in [-0.2, 0) is 12.3 Å². The molecule has 3 aromatic rings. The first-order valence-corrected chi connectivity index (χ1v) is 11.5. The number of carbonyl (C=O) groups is 1. The Bertz CT molecular complexity index is 1210. The van der Waals surface area contributed by atoms with Crippen molar-refractivity contribution < 1.29 is 9.18 Å². The van der Waals surface area contributed by atoms with E-state index in [2.05, 4.69) is 32.3 Å². The fraction of sp³-hybridized carbons (Fsp3) is 0.0870. The maximum atomic E-state index is 13.3. The fourth-order valence-electron chi connectivity index (χ4n) is 2.74. The zero-order valence-electron chi connectivity index (χ0n) is 16.6. The Balaban J connectivity index is 1.68. The number of halogens is 3. The van der Waals surface area contributed by atoms with Crippen LogP contribution in [0.4, 0.5) is 10.1 Å². The van der Waals surface area contributed by atoms with Crippen LogP contribution in [0.5, 0.6) is 0 Å².